The quantitative estimate of drug-likeness (QED) is 0.588. The average molecular weight is 356 g/mol. The Balaban J connectivity index is 1.65. The third-order valence-electron chi connectivity index (χ3n) is 5.36. The van der Waals surface area contributed by atoms with Crippen molar-refractivity contribution >= 4 is 16.9 Å². The summed E-state index contributed by atoms with van der Waals surface area (Å²) in [5.74, 6) is 0.458. The van der Waals surface area contributed by atoms with Gasteiger partial charge in [0, 0.05) is 12.1 Å². The monoisotopic (exact) mass is 356 g/mol. The predicted octanol–water partition coefficient (Wildman–Crippen LogP) is 2.87. The molecule has 1 aliphatic carbocycles. The number of aromatic nitrogens is 4. The Bertz CT molecular complexity index is 1100. The van der Waals surface area contributed by atoms with Gasteiger partial charge in [-0.1, -0.05) is 48.5 Å². The normalized spacial score (nSPS) is 14.0. The molecule has 2 aromatic heterocycles. The Labute approximate surface area is 156 Å². The van der Waals surface area contributed by atoms with Crippen molar-refractivity contribution < 1.29 is 0 Å². The number of fused-ring (bicyclic) bond motifs is 2. The van der Waals surface area contributed by atoms with E-state index < -0.39 is 0 Å². The minimum absolute atomic E-state index is 0.233. The Morgan fingerprint density at radius 3 is 2.33 bits per heavy atom. The molecule has 0 aliphatic heterocycles. The van der Waals surface area contributed by atoms with E-state index in [-0.39, 0.29) is 6.04 Å². The summed E-state index contributed by atoms with van der Waals surface area (Å²) in [6.45, 7) is 0.515. The van der Waals surface area contributed by atoms with Gasteiger partial charge in [-0.3, -0.25) is 0 Å². The highest BCUT2D eigenvalue weighted by Crippen LogP contribution is 2.36. The number of rotatable bonds is 3. The third-order valence-corrected chi connectivity index (χ3v) is 5.36. The number of hydrogen-bond donors (Lipinski definition) is 2. The summed E-state index contributed by atoms with van der Waals surface area (Å²) in [7, 11) is 0. The second kappa shape index (κ2) is 6.17. The topological polar surface area (TPSA) is 95.6 Å². The van der Waals surface area contributed by atoms with Crippen LogP contribution in [0.2, 0.25) is 0 Å². The minimum Gasteiger partial charge on any atom is -0.383 e. The van der Waals surface area contributed by atoms with E-state index in [1.54, 1.807) is 0 Å². The van der Waals surface area contributed by atoms with Crippen molar-refractivity contribution in [1.29, 1.82) is 0 Å². The van der Waals surface area contributed by atoms with Crippen LogP contribution in [0.1, 0.15) is 22.7 Å². The smallest absolute Gasteiger partial charge is 0.164 e. The van der Waals surface area contributed by atoms with Crippen molar-refractivity contribution in [3.63, 3.8) is 0 Å². The van der Waals surface area contributed by atoms with Crippen molar-refractivity contribution in [3.8, 4) is 11.3 Å². The summed E-state index contributed by atoms with van der Waals surface area (Å²) in [4.78, 5) is 8.72. The largest absolute Gasteiger partial charge is 0.383 e. The standard InChI is InChI=1S/C21H20N6/c22-11-13-5-7-14(8-6-13)19-18-20(23)24-12-25-21(18)27(26-19)17-9-15-3-1-2-4-16(15)10-17/h1-8,12,17H,9-11,22H2,(H2,23,24,25). The van der Waals surface area contributed by atoms with Gasteiger partial charge in [0.05, 0.1) is 11.4 Å². The van der Waals surface area contributed by atoms with Gasteiger partial charge in [0.25, 0.3) is 0 Å². The zero-order chi connectivity index (χ0) is 18.4. The molecule has 1 aliphatic rings. The molecule has 0 fully saturated rings. The summed E-state index contributed by atoms with van der Waals surface area (Å²) >= 11 is 0. The second-order valence-corrected chi connectivity index (χ2v) is 6.98. The molecule has 0 bridgehead atoms. The molecule has 0 atom stereocenters. The van der Waals surface area contributed by atoms with Gasteiger partial charge in [-0.25, -0.2) is 14.6 Å². The molecule has 2 heterocycles. The third kappa shape index (κ3) is 2.57. The molecule has 0 saturated heterocycles. The highest BCUT2D eigenvalue weighted by molar-refractivity contribution is 5.98. The van der Waals surface area contributed by atoms with Crippen LogP contribution in [-0.4, -0.2) is 19.7 Å². The lowest BCUT2D eigenvalue weighted by atomic mass is 10.1. The highest BCUT2D eigenvalue weighted by atomic mass is 15.3. The number of anilines is 1. The highest BCUT2D eigenvalue weighted by Gasteiger charge is 2.27. The van der Waals surface area contributed by atoms with Gasteiger partial charge in [-0.2, -0.15) is 5.10 Å². The van der Waals surface area contributed by atoms with E-state index in [9.17, 15) is 0 Å². The van der Waals surface area contributed by atoms with Crippen molar-refractivity contribution in [2.24, 2.45) is 5.73 Å². The first kappa shape index (κ1) is 16.0. The van der Waals surface area contributed by atoms with E-state index in [0.29, 0.717) is 12.4 Å². The van der Waals surface area contributed by atoms with Crippen LogP contribution in [0.4, 0.5) is 5.82 Å². The zero-order valence-electron chi connectivity index (χ0n) is 14.8. The fourth-order valence-corrected chi connectivity index (χ4v) is 3.96. The SMILES string of the molecule is NCc1ccc(-c2nn(C3Cc4ccccc4C3)c3ncnc(N)c23)cc1. The van der Waals surface area contributed by atoms with Gasteiger partial charge < -0.3 is 11.5 Å². The lowest BCUT2D eigenvalue weighted by Crippen LogP contribution is -2.11. The Hall–Kier alpha value is -3.25. The molecule has 0 amide bonds. The zero-order valence-corrected chi connectivity index (χ0v) is 14.8. The maximum atomic E-state index is 6.22. The Morgan fingerprint density at radius 1 is 0.963 bits per heavy atom. The van der Waals surface area contributed by atoms with E-state index in [2.05, 4.69) is 34.2 Å². The molecule has 0 unspecified atom stereocenters. The van der Waals surface area contributed by atoms with Crippen molar-refractivity contribution in [2.45, 2.75) is 25.4 Å². The predicted molar refractivity (Wildman–Crippen MR) is 106 cm³/mol. The average Bonchev–Trinajstić information content (AvgIpc) is 3.30. The van der Waals surface area contributed by atoms with Crippen LogP contribution >= 0.6 is 0 Å². The van der Waals surface area contributed by atoms with Gasteiger partial charge in [0.1, 0.15) is 17.8 Å². The van der Waals surface area contributed by atoms with Crippen LogP contribution in [0, 0.1) is 0 Å². The second-order valence-electron chi connectivity index (χ2n) is 6.98. The first-order valence-corrected chi connectivity index (χ1v) is 9.09. The molecule has 2 aromatic carbocycles. The van der Waals surface area contributed by atoms with Gasteiger partial charge in [0.2, 0.25) is 0 Å². The van der Waals surface area contributed by atoms with Gasteiger partial charge in [0.15, 0.2) is 5.65 Å². The van der Waals surface area contributed by atoms with Crippen LogP contribution < -0.4 is 11.5 Å². The summed E-state index contributed by atoms with van der Waals surface area (Å²) in [5.41, 5.74) is 18.4. The molecule has 0 radical (unpaired) electrons. The molecular formula is C21H20N6. The molecule has 4 aromatic rings. The fraction of sp³-hybridized carbons (Fsp3) is 0.190. The van der Waals surface area contributed by atoms with Crippen LogP contribution in [0.3, 0.4) is 0 Å². The maximum absolute atomic E-state index is 6.22. The maximum Gasteiger partial charge on any atom is 0.164 e. The number of nitrogens with zero attached hydrogens (tertiary/aromatic N) is 4. The van der Waals surface area contributed by atoms with Crippen LogP contribution in [0.5, 0.6) is 0 Å². The van der Waals surface area contributed by atoms with E-state index in [1.807, 2.05) is 28.9 Å². The van der Waals surface area contributed by atoms with Crippen molar-refractivity contribution in [1.82, 2.24) is 19.7 Å². The Morgan fingerprint density at radius 2 is 1.67 bits per heavy atom. The molecule has 5 rings (SSSR count). The van der Waals surface area contributed by atoms with Crippen LogP contribution in [0.25, 0.3) is 22.3 Å². The lowest BCUT2D eigenvalue weighted by Gasteiger charge is -2.10. The summed E-state index contributed by atoms with van der Waals surface area (Å²) in [5, 5.41) is 5.76. The molecule has 134 valence electrons. The first-order chi connectivity index (χ1) is 13.2. The number of nitrogens with two attached hydrogens (primary N) is 2. The van der Waals surface area contributed by atoms with E-state index >= 15 is 0 Å². The fourth-order valence-electron chi connectivity index (χ4n) is 3.96. The van der Waals surface area contributed by atoms with Crippen LogP contribution in [0.15, 0.2) is 54.9 Å². The summed E-state index contributed by atoms with van der Waals surface area (Å²) in [6.07, 6.45) is 3.41. The van der Waals surface area contributed by atoms with E-state index in [0.717, 1.165) is 40.7 Å². The molecule has 6 heteroatoms. The summed E-state index contributed by atoms with van der Waals surface area (Å²) in [6, 6.07) is 16.9. The first-order valence-electron chi connectivity index (χ1n) is 9.09. The molecule has 0 spiro atoms. The van der Waals surface area contributed by atoms with Crippen molar-refractivity contribution in [2.75, 3.05) is 5.73 Å². The molecule has 27 heavy (non-hydrogen) atoms. The van der Waals surface area contributed by atoms with Crippen molar-refractivity contribution in [3.05, 3.63) is 71.5 Å². The van der Waals surface area contributed by atoms with Crippen LogP contribution in [-0.2, 0) is 19.4 Å². The minimum atomic E-state index is 0.233. The van der Waals surface area contributed by atoms with E-state index in [4.69, 9.17) is 16.6 Å². The van der Waals surface area contributed by atoms with Gasteiger partial charge in [-0.15, -0.1) is 0 Å². The van der Waals surface area contributed by atoms with Gasteiger partial charge in [-0.05, 0) is 29.5 Å². The molecular weight excluding hydrogens is 336 g/mol. The number of hydrogen-bond acceptors (Lipinski definition) is 5. The summed E-state index contributed by atoms with van der Waals surface area (Å²) < 4.78 is 2.03. The van der Waals surface area contributed by atoms with E-state index in [1.165, 1.54) is 17.5 Å². The molecule has 4 N–H and O–H groups in total. The lowest BCUT2D eigenvalue weighted by molar-refractivity contribution is 0.488. The Kier molecular flexibility index (Phi) is 3.65. The molecule has 6 nitrogen and oxygen atoms in total. The van der Waals surface area contributed by atoms with Gasteiger partial charge >= 0.3 is 0 Å². The number of nitrogen functional groups attached to an aromatic ring is 1. The molecule has 0 saturated carbocycles. The number of benzene rings is 2.